The zero-order valence-corrected chi connectivity index (χ0v) is 15.0. The maximum Gasteiger partial charge on any atom is 0.0923 e. The Balaban J connectivity index is 2.13. The maximum absolute atomic E-state index is 11.2. The first-order chi connectivity index (χ1) is 10.3. The van der Waals surface area contributed by atoms with E-state index in [1.165, 1.54) is 5.56 Å². The molecule has 0 atom stereocenters. The van der Waals surface area contributed by atoms with E-state index >= 15 is 0 Å². The fourth-order valence-electron chi connectivity index (χ4n) is 2.95. The van der Waals surface area contributed by atoms with Crippen LogP contribution in [0, 0.1) is 0 Å². The van der Waals surface area contributed by atoms with Gasteiger partial charge in [-0.2, -0.15) is 11.8 Å². The SMILES string of the molecule is C=CCN1CCC(O)(c2ccccc2CSC(C)(C)C)CC1. The van der Waals surface area contributed by atoms with Gasteiger partial charge in [0.25, 0.3) is 0 Å². The van der Waals surface area contributed by atoms with Crippen LogP contribution in [-0.4, -0.2) is 34.4 Å². The molecule has 2 nitrogen and oxygen atoms in total. The number of likely N-dealkylation sites (tertiary alicyclic amines) is 1. The van der Waals surface area contributed by atoms with Gasteiger partial charge in [0, 0.05) is 30.1 Å². The van der Waals surface area contributed by atoms with E-state index in [9.17, 15) is 5.11 Å². The third-order valence-corrected chi connectivity index (χ3v) is 5.57. The molecule has 1 aromatic rings. The Morgan fingerprint density at radius 1 is 1.27 bits per heavy atom. The van der Waals surface area contributed by atoms with Gasteiger partial charge in [-0.05, 0) is 24.0 Å². The summed E-state index contributed by atoms with van der Waals surface area (Å²) in [6.07, 6.45) is 3.55. The molecule has 0 aliphatic carbocycles. The van der Waals surface area contributed by atoms with Crippen molar-refractivity contribution in [3.8, 4) is 0 Å². The maximum atomic E-state index is 11.2. The van der Waals surface area contributed by atoms with Crippen LogP contribution in [0.15, 0.2) is 36.9 Å². The van der Waals surface area contributed by atoms with Crippen molar-refractivity contribution in [1.29, 1.82) is 0 Å². The van der Waals surface area contributed by atoms with Crippen LogP contribution in [0.2, 0.25) is 0 Å². The molecule has 1 N–H and O–H groups in total. The van der Waals surface area contributed by atoms with Crippen molar-refractivity contribution in [3.05, 3.63) is 48.0 Å². The average Bonchev–Trinajstić information content (AvgIpc) is 2.48. The van der Waals surface area contributed by atoms with E-state index in [1.807, 2.05) is 17.8 Å². The van der Waals surface area contributed by atoms with Crippen LogP contribution in [0.3, 0.4) is 0 Å². The van der Waals surface area contributed by atoms with Crippen LogP contribution in [-0.2, 0) is 11.4 Å². The molecular formula is C19H29NOS. The first-order valence-electron chi connectivity index (χ1n) is 8.12. The summed E-state index contributed by atoms with van der Waals surface area (Å²) in [5.41, 5.74) is 1.74. The number of benzene rings is 1. The summed E-state index contributed by atoms with van der Waals surface area (Å²) in [5.74, 6) is 0.957. The number of rotatable bonds is 5. The second-order valence-electron chi connectivity index (χ2n) is 7.18. The summed E-state index contributed by atoms with van der Waals surface area (Å²) in [6.45, 7) is 13.3. The lowest BCUT2D eigenvalue weighted by Gasteiger charge is -2.39. The standard InChI is InChI=1S/C19H29NOS/c1-5-12-20-13-10-19(21,11-14-20)17-9-7-6-8-16(17)15-22-18(2,3)4/h5-9,21H,1,10-15H2,2-4H3. The van der Waals surface area contributed by atoms with Crippen molar-refractivity contribution in [2.24, 2.45) is 0 Å². The van der Waals surface area contributed by atoms with E-state index in [-0.39, 0.29) is 4.75 Å². The average molecular weight is 320 g/mol. The fourth-order valence-corrected chi connectivity index (χ4v) is 3.79. The van der Waals surface area contributed by atoms with Gasteiger partial charge in [-0.3, -0.25) is 4.90 Å². The van der Waals surface area contributed by atoms with Gasteiger partial charge in [-0.25, -0.2) is 0 Å². The zero-order valence-electron chi connectivity index (χ0n) is 14.1. The number of piperidine rings is 1. The van der Waals surface area contributed by atoms with Gasteiger partial charge in [-0.1, -0.05) is 51.1 Å². The number of thioether (sulfide) groups is 1. The van der Waals surface area contributed by atoms with Crippen molar-refractivity contribution < 1.29 is 5.11 Å². The zero-order chi connectivity index (χ0) is 16.2. The topological polar surface area (TPSA) is 23.5 Å². The summed E-state index contributed by atoms with van der Waals surface area (Å²) in [6, 6.07) is 8.41. The predicted molar refractivity (Wildman–Crippen MR) is 97.3 cm³/mol. The van der Waals surface area contributed by atoms with E-state index in [1.54, 1.807) is 0 Å². The minimum Gasteiger partial charge on any atom is -0.385 e. The van der Waals surface area contributed by atoms with Crippen LogP contribution < -0.4 is 0 Å². The highest BCUT2D eigenvalue weighted by atomic mass is 32.2. The highest BCUT2D eigenvalue weighted by Gasteiger charge is 2.35. The van der Waals surface area contributed by atoms with Gasteiger partial charge in [0.15, 0.2) is 0 Å². The molecule has 2 rings (SSSR count). The Morgan fingerprint density at radius 2 is 1.91 bits per heavy atom. The number of hydrogen-bond acceptors (Lipinski definition) is 3. The summed E-state index contributed by atoms with van der Waals surface area (Å²) < 4.78 is 0.239. The van der Waals surface area contributed by atoms with Crippen LogP contribution >= 0.6 is 11.8 Å². The molecule has 122 valence electrons. The van der Waals surface area contributed by atoms with E-state index in [2.05, 4.69) is 56.5 Å². The Labute approximate surface area is 139 Å². The lowest BCUT2D eigenvalue weighted by atomic mass is 9.82. The van der Waals surface area contributed by atoms with Crippen molar-refractivity contribution in [2.75, 3.05) is 19.6 Å². The molecule has 0 radical (unpaired) electrons. The summed E-state index contributed by atoms with van der Waals surface area (Å²) in [4.78, 5) is 2.36. The lowest BCUT2D eigenvalue weighted by molar-refractivity contribution is -0.0239. The Hall–Kier alpha value is -0.770. The highest BCUT2D eigenvalue weighted by molar-refractivity contribution is 7.99. The minimum atomic E-state index is -0.674. The normalized spacial score (nSPS) is 19.1. The van der Waals surface area contributed by atoms with E-state index in [0.717, 1.165) is 43.8 Å². The van der Waals surface area contributed by atoms with Gasteiger partial charge in [-0.15, -0.1) is 6.58 Å². The smallest absolute Gasteiger partial charge is 0.0923 e. The van der Waals surface area contributed by atoms with Crippen LogP contribution in [0.5, 0.6) is 0 Å². The number of aliphatic hydroxyl groups is 1. The molecule has 0 aromatic heterocycles. The molecule has 0 spiro atoms. The Kier molecular flexibility index (Phi) is 5.76. The van der Waals surface area contributed by atoms with Gasteiger partial charge in [0.1, 0.15) is 0 Å². The Morgan fingerprint density at radius 3 is 2.50 bits per heavy atom. The van der Waals surface area contributed by atoms with Gasteiger partial charge in [0.05, 0.1) is 5.60 Å². The summed E-state index contributed by atoms with van der Waals surface area (Å²) >= 11 is 1.94. The molecule has 1 aliphatic rings. The molecule has 3 heteroatoms. The Bertz CT molecular complexity index is 498. The molecule has 1 saturated heterocycles. The highest BCUT2D eigenvalue weighted by Crippen LogP contribution is 2.37. The molecule has 1 aromatic carbocycles. The van der Waals surface area contributed by atoms with Crippen molar-refractivity contribution >= 4 is 11.8 Å². The third kappa shape index (κ3) is 4.61. The van der Waals surface area contributed by atoms with Gasteiger partial charge < -0.3 is 5.11 Å². The second-order valence-corrected chi connectivity index (χ2v) is 8.98. The molecule has 0 amide bonds. The first-order valence-corrected chi connectivity index (χ1v) is 9.11. The fraction of sp³-hybridized carbons (Fsp3) is 0.579. The van der Waals surface area contributed by atoms with E-state index in [4.69, 9.17) is 0 Å². The molecule has 0 unspecified atom stereocenters. The molecule has 1 fully saturated rings. The van der Waals surface area contributed by atoms with E-state index < -0.39 is 5.60 Å². The first kappa shape index (κ1) is 17.6. The molecule has 0 saturated carbocycles. The third-order valence-electron chi connectivity index (χ3n) is 4.25. The summed E-state index contributed by atoms with van der Waals surface area (Å²) in [7, 11) is 0. The molecule has 22 heavy (non-hydrogen) atoms. The quantitative estimate of drug-likeness (QED) is 0.823. The number of hydrogen-bond donors (Lipinski definition) is 1. The van der Waals surface area contributed by atoms with Crippen molar-refractivity contribution in [3.63, 3.8) is 0 Å². The lowest BCUT2D eigenvalue weighted by Crippen LogP contribution is -2.43. The monoisotopic (exact) mass is 319 g/mol. The van der Waals surface area contributed by atoms with Crippen LogP contribution in [0.4, 0.5) is 0 Å². The molecular weight excluding hydrogens is 290 g/mol. The van der Waals surface area contributed by atoms with E-state index in [0.29, 0.717) is 0 Å². The van der Waals surface area contributed by atoms with Crippen LogP contribution in [0.1, 0.15) is 44.7 Å². The van der Waals surface area contributed by atoms with Crippen LogP contribution in [0.25, 0.3) is 0 Å². The largest absolute Gasteiger partial charge is 0.385 e. The molecule has 1 heterocycles. The van der Waals surface area contributed by atoms with Crippen molar-refractivity contribution in [2.45, 2.75) is 49.7 Å². The van der Waals surface area contributed by atoms with Crippen molar-refractivity contribution in [1.82, 2.24) is 4.90 Å². The molecule has 0 bridgehead atoms. The van der Waals surface area contributed by atoms with Gasteiger partial charge in [0.2, 0.25) is 0 Å². The minimum absolute atomic E-state index is 0.239. The van der Waals surface area contributed by atoms with Gasteiger partial charge >= 0.3 is 0 Å². The predicted octanol–water partition coefficient (Wildman–Crippen LogP) is 4.19. The molecule has 1 aliphatic heterocycles. The second kappa shape index (κ2) is 7.20. The number of nitrogens with zero attached hydrogens (tertiary/aromatic N) is 1. The summed E-state index contributed by atoms with van der Waals surface area (Å²) in [5, 5.41) is 11.2.